The minimum Gasteiger partial charge on any atom is -0.396 e. The molecule has 1 aliphatic rings. The van der Waals surface area contributed by atoms with E-state index < -0.39 is 23.2 Å². The van der Waals surface area contributed by atoms with Crippen LogP contribution in [0.15, 0.2) is 12.3 Å². The second-order valence-electron chi connectivity index (χ2n) is 4.36. The number of pyridine rings is 1. The zero-order valence-electron chi connectivity index (χ0n) is 10.2. The number of hydrogen-bond acceptors (Lipinski definition) is 4. The molecule has 0 radical (unpaired) electrons. The highest BCUT2D eigenvalue weighted by atomic mass is 19.1. The van der Waals surface area contributed by atoms with Crippen molar-refractivity contribution in [2.45, 2.75) is 0 Å². The van der Waals surface area contributed by atoms with Gasteiger partial charge in [0.2, 0.25) is 0 Å². The van der Waals surface area contributed by atoms with Gasteiger partial charge in [-0.1, -0.05) is 0 Å². The Labute approximate surface area is 108 Å². The van der Waals surface area contributed by atoms with Gasteiger partial charge in [-0.2, -0.15) is 0 Å². The van der Waals surface area contributed by atoms with E-state index in [1.165, 1.54) is 4.90 Å². The molecule has 0 saturated carbocycles. The van der Waals surface area contributed by atoms with Crippen molar-refractivity contribution in [3.63, 3.8) is 0 Å². The molecule has 2 rings (SSSR count). The van der Waals surface area contributed by atoms with Crippen molar-refractivity contribution in [1.29, 1.82) is 0 Å². The van der Waals surface area contributed by atoms with Crippen LogP contribution in [0, 0.1) is 17.6 Å². The van der Waals surface area contributed by atoms with Crippen LogP contribution in [0.5, 0.6) is 0 Å². The molecule has 1 N–H and O–H groups in total. The number of carbonyl (C=O) groups excluding carboxylic acids is 1. The zero-order valence-corrected chi connectivity index (χ0v) is 10.2. The summed E-state index contributed by atoms with van der Waals surface area (Å²) in [6.07, 6.45) is 0.800. The second kappa shape index (κ2) is 6.03. The van der Waals surface area contributed by atoms with Gasteiger partial charge in [-0.15, -0.1) is 0 Å². The summed E-state index contributed by atoms with van der Waals surface area (Å²) in [5.41, 5.74) is -0.417. The van der Waals surface area contributed by atoms with Gasteiger partial charge in [0, 0.05) is 31.7 Å². The Kier molecular flexibility index (Phi) is 4.39. The molecule has 1 aliphatic heterocycles. The van der Waals surface area contributed by atoms with Crippen LogP contribution in [-0.4, -0.2) is 53.8 Å². The summed E-state index contributed by atoms with van der Waals surface area (Å²) < 4.78 is 31.5. The van der Waals surface area contributed by atoms with Crippen LogP contribution in [-0.2, 0) is 4.74 Å². The Bertz CT molecular complexity index is 470. The fraction of sp³-hybridized carbons (Fsp3) is 0.500. The molecular weight excluding hydrogens is 258 g/mol. The predicted molar refractivity (Wildman–Crippen MR) is 61.5 cm³/mol. The van der Waals surface area contributed by atoms with Gasteiger partial charge in [0.25, 0.3) is 5.91 Å². The molecule has 2 heterocycles. The Morgan fingerprint density at radius 2 is 2.37 bits per heavy atom. The van der Waals surface area contributed by atoms with Gasteiger partial charge in [-0.3, -0.25) is 4.79 Å². The van der Waals surface area contributed by atoms with E-state index in [9.17, 15) is 13.6 Å². The summed E-state index contributed by atoms with van der Waals surface area (Å²) in [7, 11) is 0. The fourth-order valence-electron chi connectivity index (χ4n) is 1.90. The van der Waals surface area contributed by atoms with Crippen LogP contribution < -0.4 is 0 Å². The number of aromatic nitrogens is 1. The number of carbonyl (C=O) groups is 1. The quantitative estimate of drug-likeness (QED) is 0.848. The summed E-state index contributed by atoms with van der Waals surface area (Å²) in [4.78, 5) is 17.0. The van der Waals surface area contributed by atoms with E-state index in [2.05, 4.69) is 4.98 Å². The van der Waals surface area contributed by atoms with Gasteiger partial charge in [0.05, 0.1) is 19.4 Å². The molecule has 7 heteroatoms. The summed E-state index contributed by atoms with van der Waals surface area (Å²) in [6.45, 7) is 1.08. The number of aliphatic hydroxyl groups excluding tert-OH is 1. The van der Waals surface area contributed by atoms with Gasteiger partial charge in [0.15, 0.2) is 11.5 Å². The number of halogens is 2. The van der Waals surface area contributed by atoms with Crippen molar-refractivity contribution in [3.05, 3.63) is 29.6 Å². The maximum Gasteiger partial charge on any atom is 0.275 e. The number of hydrogen-bond donors (Lipinski definition) is 1. The summed E-state index contributed by atoms with van der Waals surface area (Å²) in [5.74, 6) is -2.66. The largest absolute Gasteiger partial charge is 0.396 e. The normalized spacial score (nSPS) is 20.2. The molecule has 0 aliphatic carbocycles. The smallest absolute Gasteiger partial charge is 0.275 e. The first-order valence-corrected chi connectivity index (χ1v) is 5.90. The number of aliphatic hydroxyl groups is 1. The monoisotopic (exact) mass is 272 g/mol. The molecule has 19 heavy (non-hydrogen) atoms. The Morgan fingerprint density at radius 3 is 3.05 bits per heavy atom. The lowest BCUT2D eigenvalue weighted by atomic mass is 10.1. The Morgan fingerprint density at radius 1 is 1.58 bits per heavy atom. The summed E-state index contributed by atoms with van der Waals surface area (Å²) in [5, 5.41) is 9.12. The maximum atomic E-state index is 13.5. The van der Waals surface area contributed by atoms with Crippen molar-refractivity contribution in [3.8, 4) is 0 Å². The van der Waals surface area contributed by atoms with Crippen molar-refractivity contribution in [1.82, 2.24) is 9.88 Å². The third-order valence-electron chi connectivity index (χ3n) is 2.89. The average Bonchev–Trinajstić information content (AvgIpc) is 2.63. The summed E-state index contributed by atoms with van der Waals surface area (Å²) in [6, 6.07) is 0.623. The molecule has 104 valence electrons. The van der Waals surface area contributed by atoms with E-state index in [-0.39, 0.29) is 25.6 Å². The Balaban J connectivity index is 2.17. The molecule has 1 atom stereocenters. The van der Waals surface area contributed by atoms with Crippen molar-refractivity contribution >= 4 is 5.91 Å². The number of nitrogens with zero attached hydrogens (tertiary/aromatic N) is 2. The van der Waals surface area contributed by atoms with Crippen molar-refractivity contribution < 1.29 is 23.4 Å². The first-order chi connectivity index (χ1) is 9.11. The minimum atomic E-state index is -0.990. The van der Waals surface area contributed by atoms with Crippen molar-refractivity contribution in [2.24, 2.45) is 5.92 Å². The molecule has 0 bridgehead atoms. The van der Waals surface area contributed by atoms with E-state index in [1.807, 2.05) is 0 Å². The molecule has 1 fully saturated rings. The highest BCUT2D eigenvalue weighted by Gasteiger charge is 2.25. The van der Waals surface area contributed by atoms with Gasteiger partial charge in [-0.05, 0) is 0 Å². The third kappa shape index (κ3) is 3.24. The standard InChI is InChI=1S/C12H14F2N2O3/c13-9-3-10(14)11(15-4-9)12(18)16-1-2-19-7-8(5-16)6-17/h3-4,8,17H,1-2,5-7H2/t8-/m0/s1. The molecule has 1 aromatic heterocycles. The predicted octanol–water partition coefficient (Wildman–Crippen LogP) is 0.441. The molecule has 0 aromatic carbocycles. The molecule has 0 unspecified atom stereocenters. The third-order valence-corrected chi connectivity index (χ3v) is 2.89. The fourth-order valence-corrected chi connectivity index (χ4v) is 1.90. The lowest BCUT2D eigenvalue weighted by Gasteiger charge is -2.22. The van der Waals surface area contributed by atoms with Crippen LogP contribution in [0.2, 0.25) is 0 Å². The number of ether oxygens (including phenoxy) is 1. The molecular formula is C12H14F2N2O3. The highest BCUT2D eigenvalue weighted by molar-refractivity contribution is 5.92. The van der Waals surface area contributed by atoms with Crippen LogP contribution >= 0.6 is 0 Å². The topological polar surface area (TPSA) is 62.7 Å². The van der Waals surface area contributed by atoms with E-state index in [4.69, 9.17) is 9.84 Å². The van der Waals surface area contributed by atoms with Crippen LogP contribution in [0.25, 0.3) is 0 Å². The van der Waals surface area contributed by atoms with Gasteiger partial charge < -0.3 is 14.7 Å². The Hall–Kier alpha value is -1.60. The van der Waals surface area contributed by atoms with E-state index in [0.29, 0.717) is 19.3 Å². The van der Waals surface area contributed by atoms with E-state index in [1.54, 1.807) is 0 Å². The van der Waals surface area contributed by atoms with Crippen LogP contribution in [0.1, 0.15) is 10.5 Å². The molecule has 1 saturated heterocycles. The molecule has 1 amide bonds. The summed E-state index contributed by atoms with van der Waals surface area (Å²) >= 11 is 0. The molecule has 1 aromatic rings. The van der Waals surface area contributed by atoms with Crippen LogP contribution in [0.4, 0.5) is 8.78 Å². The average molecular weight is 272 g/mol. The SMILES string of the molecule is O=C(c1ncc(F)cc1F)N1CCOC[C@H](CO)C1. The maximum absolute atomic E-state index is 13.5. The van der Waals surface area contributed by atoms with Crippen molar-refractivity contribution in [2.75, 3.05) is 32.9 Å². The van der Waals surface area contributed by atoms with Gasteiger partial charge in [-0.25, -0.2) is 13.8 Å². The first kappa shape index (κ1) is 13.8. The highest BCUT2D eigenvalue weighted by Crippen LogP contribution is 2.13. The first-order valence-electron chi connectivity index (χ1n) is 5.90. The minimum absolute atomic E-state index is 0.122. The van der Waals surface area contributed by atoms with E-state index >= 15 is 0 Å². The lowest BCUT2D eigenvalue weighted by Crippen LogP contribution is -2.37. The molecule has 5 nitrogen and oxygen atoms in total. The lowest BCUT2D eigenvalue weighted by molar-refractivity contribution is 0.0717. The molecule has 0 spiro atoms. The van der Waals surface area contributed by atoms with E-state index in [0.717, 1.165) is 6.20 Å². The number of rotatable bonds is 2. The van der Waals surface area contributed by atoms with Gasteiger partial charge in [0.1, 0.15) is 5.82 Å². The zero-order chi connectivity index (χ0) is 13.8. The number of amides is 1. The van der Waals surface area contributed by atoms with Gasteiger partial charge >= 0.3 is 0 Å². The second-order valence-corrected chi connectivity index (χ2v) is 4.36. The van der Waals surface area contributed by atoms with Crippen LogP contribution in [0.3, 0.4) is 0 Å².